The number of aromatic carboxylic acids is 1. The van der Waals surface area contributed by atoms with E-state index in [1.54, 1.807) is 19.1 Å². The van der Waals surface area contributed by atoms with Gasteiger partial charge in [0.2, 0.25) is 5.85 Å². The lowest BCUT2D eigenvalue weighted by molar-refractivity contribution is 0.0698. The predicted octanol–water partition coefficient (Wildman–Crippen LogP) is 0.835. The van der Waals surface area contributed by atoms with E-state index >= 15 is 0 Å². The van der Waals surface area contributed by atoms with Crippen LogP contribution in [0.2, 0.25) is 0 Å². The lowest BCUT2D eigenvalue weighted by atomic mass is 10.1. The molecule has 0 saturated carbocycles. The summed E-state index contributed by atoms with van der Waals surface area (Å²) >= 11 is 0. The van der Waals surface area contributed by atoms with E-state index in [0.717, 1.165) is 0 Å². The van der Waals surface area contributed by atoms with Crippen molar-refractivity contribution in [3.8, 4) is 5.75 Å². The standard InChI is InChI=1S/C12H16N2O4/c1-12(13-6-3-7-15)14-10-8(11(16)17)4-2-5-9(10)18-12/h2,4-5,13-15H,3,6-7H2,1H3,(H,16,17). The van der Waals surface area contributed by atoms with Gasteiger partial charge in [-0.1, -0.05) is 6.07 Å². The molecule has 1 heterocycles. The fourth-order valence-corrected chi connectivity index (χ4v) is 1.89. The molecular weight excluding hydrogens is 236 g/mol. The van der Waals surface area contributed by atoms with E-state index in [1.807, 2.05) is 0 Å². The van der Waals surface area contributed by atoms with E-state index in [-0.39, 0.29) is 12.2 Å². The number of hydrogen-bond acceptors (Lipinski definition) is 5. The van der Waals surface area contributed by atoms with Crippen LogP contribution in [-0.2, 0) is 0 Å². The van der Waals surface area contributed by atoms with Crippen LogP contribution < -0.4 is 15.4 Å². The number of carbonyl (C=O) groups is 1. The van der Waals surface area contributed by atoms with E-state index in [2.05, 4.69) is 10.6 Å². The highest BCUT2D eigenvalue weighted by atomic mass is 16.5. The number of para-hydroxylation sites is 1. The van der Waals surface area contributed by atoms with Gasteiger partial charge in [0.1, 0.15) is 5.75 Å². The Bertz CT molecular complexity index is 463. The van der Waals surface area contributed by atoms with Crippen molar-refractivity contribution in [3.63, 3.8) is 0 Å². The number of hydrogen-bond donors (Lipinski definition) is 4. The first-order valence-corrected chi connectivity index (χ1v) is 5.75. The molecule has 6 nitrogen and oxygen atoms in total. The van der Waals surface area contributed by atoms with Crippen LogP contribution in [0.5, 0.6) is 5.75 Å². The fourth-order valence-electron chi connectivity index (χ4n) is 1.89. The summed E-state index contributed by atoms with van der Waals surface area (Å²) in [4.78, 5) is 11.1. The Hall–Kier alpha value is -1.79. The average Bonchev–Trinajstić information content (AvgIpc) is 2.65. The summed E-state index contributed by atoms with van der Waals surface area (Å²) in [6.45, 7) is 2.43. The van der Waals surface area contributed by atoms with Gasteiger partial charge in [-0.3, -0.25) is 5.32 Å². The van der Waals surface area contributed by atoms with Gasteiger partial charge in [-0.05, 0) is 18.6 Å². The Labute approximate surface area is 105 Å². The summed E-state index contributed by atoms with van der Waals surface area (Å²) in [6.07, 6.45) is 0.600. The van der Waals surface area contributed by atoms with Gasteiger partial charge in [-0.2, -0.15) is 0 Å². The minimum Gasteiger partial charge on any atom is -0.478 e. The van der Waals surface area contributed by atoms with Gasteiger partial charge in [0.25, 0.3) is 0 Å². The molecule has 0 aromatic heterocycles. The third-order valence-electron chi connectivity index (χ3n) is 2.73. The summed E-state index contributed by atoms with van der Waals surface area (Å²) in [7, 11) is 0. The Morgan fingerprint density at radius 1 is 1.56 bits per heavy atom. The van der Waals surface area contributed by atoms with Gasteiger partial charge in [0.15, 0.2) is 0 Å². The van der Waals surface area contributed by atoms with E-state index in [1.165, 1.54) is 6.07 Å². The van der Waals surface area contributed by atoms with Crippen molar-refractivity contribution in [1.82, 2.24) is 5.32 Å². The highest BCUT2D eigenvalue weighted by molar-refractivity contribution is 5.96. The number of aliphatic hydroxyl groups is 1. The molecule has 0 fully saturated rings. The lowest BCUT2D eigenvalue weighted by Crippen LogP contribution is -2.51. The molecule has 0 bridgehead atoms. The molecule has 1 aliphatic rings. The third-order valence-corrected chi connectivity index (χ3v) is 2.73. The second-order valence-corrected chi connectivity index (χ2v) is 4.25. The fraction of sp³-hybridized carbons (Fsp3) is 0.417. The molecule has 18 heavy (non-hydrogen) atoms. The number of carboxylic acids is 1. The van der Waals surface area contributed by atoms with Crippen molar-refractivity contribution in [2.75, 3.05) is 18.5 Å². The molecule has 98 valence electrons. The maximum absolute atomic E-state index is 11.1. The van der Waals surface area contributed by atoms with Crippen LogP contribution in [-0.4, -0.2) is 35.2 Å². The molecule has 0 aliphatic carbocycles. The minimum absolute atomic E-state index is 0.0937. The smallest absolute Gasteiger partial charge is 0.337 e. The number of anilines is 1. The van der Waals surface area contributed by atoms with Crippen LogP contribution in [0.25, 0.3) is 0 Å². The van der Waals surface area contributed by atoms with Crippen LogP contribution in [0.15, 0.2) is 18.2 Å². The van der Waals surface area contributed by atoms with Crippen LogP contribution in [0, 0.1) is 0 Å². The highest BCUT2D eigenvalue weighted by Gasteiger charge is 2.35. The Balaban J connectivity index is 2.16. The van der Waals surface area contributed by atoms with E-state index in [0.29, 0.717) is 24.4 Å². The van der Waals surface area contributed by atoms with Gasteiger partial charge >= 0.3 is 5.97 Å². The molecule has 1 aliphatic heterocycles. The van der Waals surface area contributed by atoms with Gasteiger partial charge in [0.05, 0.1) is 11.3 Å². The number of ether oxygens (including phenoxy) is 1. The van der Waals surface area contributed by atoms with Crippen molar-refractivity contribution in [2.24, 2.45) is 0 Å². The van der Waals surface area contributed by atoms with E-state index in [9.17, 15) is 4.79 Å². The zero-order valence-corrected chi connectivity index (χ0v) is 10.1. The average molecular weight is 252 g/mol. The zero-order valence-electron chi connectivity index (χ0n) is 10.1. The van der Waals surface area contributed by atoms with Gasteiger partial charge in [-0.15, -0.1) is 0 Å². The number of carboxylic acid groups (broad SMARTS) is 1. The monoisotopic (exact) mass is 252 g/mol. The lowest BCUT2D eigenvalue weighted by Gasteiger charge is -2.25. The van der Waals surface area contributed by atoms with Crippen molar-refractivity contribution in [2.45, 2.75) is 19.2 Å². The summed E-state index contributed by atoms with van der Waals surface area (Å²) in [5.41, 5.74) is 0.657. The Kier molecular flexibility index (Phi) is 3.40. The summed E-state index contributed by atoms with van der Waals surface area (Å²) in [5.74, 6) is -1.33. The largest absolute Gasteiger partial charge is 0.478 e. The second kappa shape index (κ2) is 4.83. The summed E-state index contributed by atoms with van der Waals surface area (Å²) < 4.78 is 5.66. The molecular formula is C12H16N2O4. The molecule has 1 aromatic rings. The molecule has 0 amide bonds. The normalized spacial score (nSPS) is 21.0. The van der Waals surface area contributed by atoms with Crippen molar-refractivity contribution < 1.29 is 19.7 Å². The van der Waals surface area contributed by atoms with Crippen LogP contribution >= 0.6 is 0 Å². The Morgan fingerprint density at radius 3 is 3.00 bits per heavy atom. The third kappa shape index (κ3) is 2.39. The molecule has 0 saturated heterocycles. The van der Waals surface area contributed by atoms with Gasteiger partial charge in [-0.25, -0.2) is 4.79 Å². The van der Waals surface area contributed by atoms with Crippen LogP contribution in [0.4, 0.5) is 5.69 Å². The quantitative estimate of drug-likeness (QED) is 0.580. The number of rotatable bonds is 5. The predicted molar refractivity (Wildman–Crippen MR) is 65.8 cm³/mol. The highest BCUT2D eigenvalue weighted by Crippen LogP contribution is 2.38. The minimum atomic E-state index is -0.998. The number of fused-ring (bicyclic) bond motifs is 1. The van der Waals surface area contributed by atoms with Gasteiger partial charge < -0.3 is 20.3 Å². The Morgan fingerprint density at radius 2 is 2.33 bits per heavy atom. The molecule has 0 radical (unpaired) electrons. The molecule has 1 unspecified atom stereocenters. The molecule has 2 rings (SSSR count). The first-order chi connectivity index (χ1) is 8.56. The maximum atomic E-state index is 11.1. The number of benzene rings is 1. The van der Waals surface area contributed by atoms with E-state index < -0.39 is 11.8 Å². The summed E-state index contributed by atoms with van der Waals surface area (Å²) in [6, 6.07) is 4.88. The first-order valence-electron chi connectivity index (χ1n) is 5.75. The zero-order chi connectivity index (χ0) is 13.2. The first kappa shape index (κ1) is 12.7. The molecule has 0 spiro atoms. The van der Waals surface area contributed by atoms with Crippen molar-refractivity contribution in [1.29, 1.82) is 0 Å². The van der Waals surface area contributed by atoms with Crippen molar-refractivity contribution in [3.05, 3.63) is 23.8 Å². The van der Waals surface area contributed by atoms with Crippen LogP contribution in [0.3, 0.4) is 0 Å². The van der Waals surface area contributed by atoms with Crippen LogP contribution in [0.1, 0.15) is 23.7 Å². The van der Waals surface area contributed by atoms with Crippen molar-refractivity contribution >= 4 is 11.7 Å². The second-order valence-electron chi connectivity index (χ2n) is 4.25. The number of aliphatic hydroxyl groups excluding tert-OH is 1. The molecule has 6 heteroatoms. The van der Waals surface area contributed by atoms with Gasteiger partial charge in [0, 0.05) is 20.1 Å². The molecule has 1 atom stereocenters. The maximum Gasteiger partial charge on any atom is 0.337 e. The number of nitrogens with one attached hydrogen (secondary N) is 2. The molecule has 4 N–H and O–H groups in total. The van der Waals surface area contributed by atoms with E-state index in [4.69, 9.17) is 14.9 Å². The molecule has 1 aromatic carbocycles. The topological polar surface area (TPSA) is 90.8 Å². The SMILES string of the molecule is CC1(NCCCO)Nc2c(cccc2C(=O)O)O1. The summed E-state index contributed by atoms with van der Waals surface area (Å²) in [5, 5.41) is 23.9.